The lowest BCUT2D eigenvalue weighted by molar-refractivity contribution is -0.127. The van der Waals surface area contributed by atoms with Crippen LogP contribution in [0.5, 0.6) is 5.88 Å². The van der Waals surface area contributed by atoms with Crippen molar-refractivity contribution in [2.45, 2.75) is 19.3 Å². The van der Waals surface area contributed by atoms with Gasteiger partial charge in [0.2, 0.25) is 17.7 Å². The van der Waals surface area contributed by atoms with Crippen LogP contribution in [0.2, 0.25) is 0 Å². The second kappa shape index (κ2) is 8.32. The second-order valence-corrected chi connectivity index (χ2v) is 5.60. The summed E-state index contributed by atoms with van der Waals surface area (Å²) in [4.78, 5) is 37.0. The summed E-state index contributed by atoms with van der Waals surface area (Å²) in [5.74, 6) is -0.304. The SMILES string of the molecule is COc1nn(C)cc1C(=O)NCC(=O)NCCCN1CCCC1=O. The number of hydrogen-bond acceptors (Lipinski definition) is 5. The third-order valence-electron chi connectivity index (χ3n) is 3.74. The smallest absolute Gasteiger partial charge is 0.258 e. The van der Waals surface area contributed by atoms with E-state index in [1.54, 1.807) is 7.05 Å². The van der Waals surface area contributed by atoms with E-state index in [9.17, 15) is 14.4 Å². The van der Waals surface area contributed by atoms with Crippen LogP contribution >= 0.6 is 0 Å². The summed E-state index contributed by atoms with van der Waals surface area (Å²) in [5.41, 5.74) is 0.278. The maximum Gasteiger partial charge on any atom is 0.258 e. The molecular formula is C15H23N5O4. The van der Waals surface area contributed by atoms with Crippen LogP contribution in [0.25, 0.3) is 0 Å². The zero-order valence-corrected chi connectivity index (χ0v) is 14.0. The molecule has 0 bridgehead atoms. The Labute approximate surface area is 140 Å². The van der Waals surface area contributed by atoms with Gasteiger partial charge in [0.15, 0.2) is 0 Å². The lowest BCUT2D eigenvalue weighted by Crippen LogP contribution is -2.38. The van der Waals surface area contributed by atoms with E-state index in [2.05, 4.69) is 15.7 Å². The summed E-state index contributed by atoms with van der Waals surface area (Å²) >= 11 is 0. The highest BCUT2D eigenvalue weighted by Crippen LogP contribution is 2.14. The third-order valence-corrected chi connectivity index (χ3v) is 3.74. The van der Waals surface area contributed by atoms with E-state index < -0.39 is 5.91 Å². The van der Waals surface area contributed by atoms with Crippen LogP contribution in [0, 0.1) is 0 Å². The number of amides is 3. The van der Waals surface area contributed by atoms with E-state index in [0.29, 0.717) is 25.9 Å². The minimum Gasteiger partial charge on any atom is -0.479 e. The van der Waals surface area contributed by atoms with Gasteiger partial charge in [-0.05, 0) is 12.8 Å². The minimum absolute atomic E-state index is 0.125. The summed E-state index contributed by atoms with van der Waals surface area (Å²) in [6, 6.07) is 0. The highest BCUT2D eigenvalue weighted by Gasteiger charge is 2.19. The van der Waals surface area contributed by atoms with Gasteiger partial charge in [-0.15, -0.1) is 5.10 Å². The molecule has 1 aromatic heterocycles. The number of carbonyl (C=O) groups excluding carboxylic acids is 3. The molecule has 9 nitrogen and oxygen atoms in total. The number of nitrogens with zero attached hydrogens (tertiary/aromatic N) is 3. The first-order valence-electron chi connectivity index (χ1n) is 7.91. The number of ether oxygens (including phenoxy) is 1. The van der Waals surface area contributed by atoms with Crippen LogP contribution < -0.4 is 15.4 Å². The topological polar surface area (TPSA) is 106 Å². The molecule has 0 spiro atoms. The molecule has 0 radical (unpaired) electrons. The third kappa shape index (κ3) is 4.71. The average molecular weight is 337 g/mol. The lowest BCUT2D eigenvalue weighted by Gasteiger charge is -2.15. The molecule has 2 heterocycles. The number of carbonyl (C=O) groups is 3. The van der Waals surface area contributed by atoms with Gasteiger partial charge in [-0.3, -0.25) is 19.1 Å². The fourth-order valence-electron chi connectivity index (χ4n) is 2.53. The van der Waals surface area contributed by atoms with Crippen molar-refractivity contribution in [1.29, 1.82) is 0 Å². The molecule has 2 N–H and O–H groups in total. The Morgan fingerprint density at radius 3 is 2.83 bits per heavy atom. The fourth-order valence-corrected chi connectivity index (χ4v) is 2.53. The number of likely N-dealkylation sites (tertiary alicyclic amines) is 1. The van der Waals surface area contributed by atoms with Crippen LogP contribution in [0.1, 0.15) is 29.6 Å². The Morgan fingerprint density at radius 1 is 1.38 bits per heavy atom. The van der Waals surface area contributed by atoms with Gasteiger partial charge in [0.25, 0.3) is 5.91 Å². The van der Waals surface area contributed by atoms with Crippen LogP contribution in [0.15, 0.2) is 6.20 Å². The van der Waals surface area contributed by atoms with Crippen LogP contribution in [-0.4, -0.2) is 65.7 Å². The first-order chi connectivity index (χ1) is 11.5. The number of aromatic nitrogens is 2. The molecule has 0 aromatic carbocycles. The van der Waals surface area contributed by atoms with E-state index in [1.165, 1.54) is 18.0 Å². The van der Waals surface area contributed by atoms with Gasteiger partial charge >= 0.3 is 0 Å². The van der Waals surface area contributed by atoms with Gasteiger partial charge in [-0.2, -0.15) is 0 Å². The monoisotopic (exact) mass is 337 g/mol. The van der Waals surface area contributed by atoms with E-state index in [-0.39, 0.29) is 29.8 Å². The van der Waals surface area contributed by atoms with Crippen molar-refractivity contribution >= 4 is 17.7 Å². The minimum atomic E-state index is -0.419. The quantitative estimate of drug-likeness (QED) is 0.610. The molecule has 1 aromatic rings. The molecule has 0 aliphatic carbocycles. The van der Waals surface area contributed by atoms with E-state index in [0.717, 1.165) is 13.0 Å². The van der Waals surface area contributed by atoms with Crippen molar-refractivity contribution in [2.75, 3.05) is 33.3 Å². The number of aryl methyl sites for hydroxylation is 1. The Morgan fingerprint density at radius 2 is 2.17 bits per heavy atom. The predicted octanol–water partition coefficient (Wildman–Crippen LogP) is -0.713. The molecule has 1 fully saturated rings. The molecule has 9 heteroatoms. The standard InChI is InChI=1S/C15H23N5O4/c1-19-10-11(15(18-19)24-2)14(23)17-9-12(21)16-6-4-8-20-7-3-5-13(20)22/h10H,3-9H2,1-2H3,(H,16,21)(H,17,23). The number of methoxy groups -OCH3 is 1. The molecule has 1 saturated heterocycles. The molecule has 0 atom stereocenters. The summed E-state index contributed by atoms with van der Waals surface area (Å²) in [7, 11) is 3.11. The molecule has 3 amide bonds. The second-order valence-electron chi connectivity index (χ2n) is 5.60. The Kier molecular flexibility index (Phi) is 6.16. The molecule has 0 saturated carbocycles. The van der Waals surface area contributed by atoms with Gasteiger partial charge in [0.05, 0.1) is 13.7 Å². The number of hydrogen-bond donors (Lipinski definition) is 2. The predicted molar refractivity (Wildman–Crippen MR) is 85.5 cm³/mol. The van der Waals surface area contributed by atoms with Crippen LogP contribution in [0.4, 0.5) is 0 Å². The van der Waals surface area contributed by atoms with Gasteiger partial charge < -0.3 is 20.3 Å². The summed E-state index contributed by atoms with van der Waals surface area (Å²) in [5, 5.41) is 9.23. The summed E-state index contributed by atoms with van der Waals surface area (Å²) in [6.45, 7) is 1.79. The van der Waals surface area contributed by atoms with Gasteiger partial charge in [0.1, 0.15) is 5.56 Å². The Balaban J connectivity index is 1.65. The molecule has 1 aliphatic rings. The maximum atomic E-state index is 12.0. The Bertz CT molecular complexity index is 613. The average Bonchev–Trinajstić information content (AvgIpc) is 3.14. The summed E-state index contributed by atoms with van der Waals surface area (Å²) in [6.07, 6.45) is 3.76. The maximum absolute atomic E-state index is 12.0. The molecule has 1 aliphatic heterocycles. The van der Waals surface area contributed by atoms with E-state index in [4.69, 9.17) is 4.74 Å². The fraction of sp³-hybridized carbons (Fsp3) is 0.600. The zero-order chi connectivity index (χ0) is 17.5. The van der Waals surface area contributed by atoms with Crippen molar-refractivity contribution < 1.29 is 19.1 Å². The van der Waals surface area contributed by atoms with Crippen molar-refractivity contribution in [3.63, 3.8) is 0 Å². The normalized spacial score (nSPS) is 13.9. The molecule has 0 unspecified atom stereocenters. The molecule has 2 rings (SSSR count). The van der Waals surface area contributed by atoms with Gasteiger partial charge in [-0.25, -0.2) is 0 Å². The zero-order valence-electron chi connectivity index (χ0n) is 14.0. The van der Waals surface area contributed by atoms with Crippen LogP contribution in [0.3, 0.4) is 0 Å². The van der Waals surface area contributed by atoms with E-state index in [1.807, 2.05) is 4.90 Å². The first kappa shape index (κ1) is 17.8. The van der Waals surface area contributed by atoms with E-state index >= 15 is 0 Å². The van der Waals surface area contributed by atoms with Gasteiger partial charge in [0, 0.05) is 39.3 Å². The van der Waals surface area contributed by atoms with Crippen molar-refractivity contribution in [3.05, 3.63) is 11.8 Å². The largest absolute Gasteiger partial charge is 0.479 e. The molecule has 132 valence electrons. The highest BCUT2D eigenvalue weighted by atomic mass is 16.5. The molecule has 24 heavy (non-hydrogen) atoms. The molecular weight excluding hydrogens is 314 g/mol. The number of rotatable bonds is 8. The van der Waals surface area contributed by atoms with Gasteiger partial charge in [-0.1, -0.05) is 0 Å². The number of nitrogens with one attached hydrogen (secondary N) is 2. The first-order valence-corrected chi connectivity index (χ1v) is 7.91. The van der Waals surface area contributed by atoms with Crippen molar-refractivity contribution in [1.82, 2.24) is 25.3 Å². The lowest BCUT2D eigenvalue weighted by atomic mass is 10.3. The van der Waals surface area contributed by atoms with Crippen molar-refractivity contribution in [3.8, 4) is 5.88 Å². The Hall–Kier alpha value is -2.58. The highest BCUT2D eigenvalue weighted by molar-refractivity contribution is 5.98. The van der Waals surface area contributed by atoms with Crippen molar-refractivity contribution in [2.24, 2.45) is 7.05 Å². The summed E-state index contributed by atoms with van der Waals surface area (Å²) < 4.78 is 6.47. The van der Waals surface area contributed by atoms with Crippen LogP contribution in [-0.2, 0) is 16.6 Å².